The van der Waals surface area contributed by atoms with Gasteiger partial charge in [0.15, 0.2) is 4.96 Å². The lowest BCUT2D eigenvalue weighted by Gasteiger charge is -2.02. The van der Waals surface area contributed by atoms with Gasteiger partial charge >= 0.3 is 0 Å². The summed E-state index contributed by atoms with van der Waals surface area (Å²) < 4.78 is 7.75. The molecule has 0 aliphatic rings. The topological polar surface area (TPSA) is 26.5 Å². The van der Waals surface area contributed by atoms with Crippen molar-refractivity contribution in [1.82, 2.24) is 9.38 Å². The third-order valence-corrected chi connectivity index (χ3v) is 3.53. The number of hydrogen-bond donors (Lipinski definition) is 0. The number of para-hydroxylation sites is 1. The van der Waals surface area contributed by atoms with Crippen LogP contribution in [0.15, 0.2) is 41.9 Å². The number of aromatic nitrogens is 2. The molecule has 1 aromatic carbocycles. The zero-order chi connectivity index (χ0) is 11.7. The number of fused-ring (bicyclic) bond motifs is 1. The number of rotatable bonds is 3. The van der Waals surface area contributed by atoms with E-state index in [9.17, 15) is 0 Å². The van der Waals surface area contributed by atoms with Gasteiger partial charge < -0.3 is 4.74 Å². The summed E-state index contributed by atoms with van der Waals surface area (Å²) in [5.41, 5.74) is 2.17. The Balaban J connectivity index is 1.77. The summed E-state index contributed by atoms with van der Waals surface area (Å²) in [6.07, 6.45) is 2.03. The lowest BCUT2D eigenvalue weighted by molar-refractivity contribution is 0.302. The summed E-state index contributed by atoms with van der Waals surface area (Å²) in [5, 5.41) is 2.10. The van der Waals surface area contributed by atoms with E-state index in [-0.39, 0.29) is 0 Å². The van der Waals surface area contributed by atoms with Crippen LogP contribution in [0.25, 0.3) is 4.96 Å². The normalized spacial score (nSPS) is 10.9. The molecule has 0 bridgehead atoms. The fourth-order valence-corrected chi connectivity index (χ4v) is 2.55. The van der Waals surface area contributed by atoms with Crippen molar-refractivity contribution >= 4 is 16.3 Å². The third kappa shape index (κ3) is 2.03. The molecule has 0 fully saturated rings. The van der Waals surface area contributed by atoms with Crippen LogP contribution in [0.4, 0.5) is 0 Å². The predicted octanol–water partition coefficient (Wildman–Crippen LogP) is 3.28. The maximum Gasteiger partial charge on any atom is 0.194 e. The molecular formula is C13H12N2OS. The first-order valence-corrected chi connectivity index (χ1v) is 6.31. The minimum atomic E-state index is 0.512. The fraction of sp³-hybridized carbons (Fsp3) is 0.154. The van der Waals surface area contributed by atoms with E-state index in [4.69, 9.17) is 4.74 Å². The van der Waals surface area contributed by atoms with Gasteiger partial charge in [0, 0.05) is 17.3 Å². The monoisotopic (exact) mass is 244 g/mol. The van der Waals surface area contributed by atoms with Gasteiger partial charge in [0.25, 0.3) is 0 Å². The average molecular weight is 244 g/mol. The van der Waals surface area contributed by atoms with Gasteiger partial charge in [0.2, 0.25) is 0 Å². The van der Waals surface area contributed by atoms with Crippen LogP contribution in [0, 0.1) is 6.92 Å². The Morgan fingerprint density at radius 2 is 2.12 bits per heavy atom. The molecule has 4 heteroatoms. The van der Waals surface area contributed by atoms with Gasteiger partial charge in [-0.3, -0.25) is 4.40 Å². The first-order chi connectivity index (χ1) is 8.33. The van der Waals surface area contributed by atoms with Gasteiger partial charge in [-0.05, 0) is 19.1 Å². The molecule has 0 saturated heterocycles. The van der Waals surface area contributed by atoms with E-state index in [0.717, 1.165) is 16.4 Å². The molecule has 0 aliphatic carbocycles. The molecule has 3 rings (SSSR count). The van der Waals surface area contributed by atoms with E-state index in [1.54, 1.807) is 11.3 Å². The highest BCUT2D eigenvalue weighted by atomic mass is 32.1. The van der Waals surface area contributed by atoms with Crippen LogP contribution in [0.5, 0.6) is 5.75 Å². The van der Waals surface area contributed by atoms with Crippen LogP contribution in [0.3, 0.4) is 0 Å². The molecule has 2 aromatic heterocycles. The van der Waals surface area contributed by atoms with Gasteiger partial charge in [-0.1, -0.05) is 18.2 Å². The summed E-state index contributed by atoms with van der Waals surface area (Å²) in [6, 6.07) is 9.80. The maximum absolute atomic E-state index is 5.66. The molecule has 0 saturated carbocycles. The Morgan fingerprint density at radius 1 is 1.29 bits per heavy atom. The third-order valence-electron chi connectivity index (χ3n) is 2.57. The second-order valence-corrected chi connectivity index (χ2v) is 4.70. The summed E-state index contributed by atoms with van der Waals surface area (Å²) >= 11 is 1.65. The minimum Gasteiger partial charge on any atom is -0.487 e. The predicted molar refractivity (Wildman–Crippen MR) is 68.6 cm³/mol. The zero-order valence-electron chi connectivity index (χ0n) is 9.46. The highest BCUT2D eigenvalue weighted by molar-refractivity contribution is 7.15. The molecule has 3 nitrogen and oxygen atoms in total. The Kier molecular flexibility index (Phi) is 2.57. The van der Waals surface area contributed by atoms with Crippen molar-refractivity contribution in [2.75, 3.05) is 0 Å². The van der Waals surface area contributed by atoms with Gasteiger partial charge in [-0.2, -0.15) is 0 Å². The van der Waals surface area contributed by atoms with Crippen LogP contribution < -0.4 is 4.74 Å². The van der Waals surface area contributed by atoms with E-state index >= 15 is 0 Å². The van der Waals surface area contributed by atoms with Crippen molar-refractivity contribution in [1.29, 1.82) is 0 Å². The number of nitrogens with zero attached hydrogens (tertiary/aromatic N) is 2. The zero-order valence-corrected chi connectivity index (χ0v) is 10.3. The fourth-order valence-electron chi connectivity index (χ4n) is 1.68. The molecule has 0 amide bonds. The number of thiazole rings is 1. The van der Waals surface area contributed by atoms with Crippen molar-refractivity contribution in [2.45, 2.75) is 13.5 Å². The SMILES string of the molecule is Cc1csc2nc(COc3ccccc3)cn12. The van der Waals surface area contributed by atoms with Crippen LogP contribution in [0.1, 0.15) is 11.4 Å². The highest BCUT2D eigenvalue weighted by Crippen LogP contribution is 2.17. The smallest absolute Gasteiger partial charge is 0.194 e. The van der Waals surface area contributed by atoms with Crippen LogP contribution >= 0.6 is 11.3 Å². The van der Waals surface area contributed by atoms with Crippen molar-refractivity contribution < 1.29 is 4.74 Å². The number of hydrogen-bond acceptors (Lipinski definition) is 3. The molecule has 0 atom stereocenters. The second kappa shape index (κ2) is 4.22. The van der Waals surface area contributed by atoms with Crippen LogP contribution in [-0.4, -0.2) is 9.38 Å². The van der Waals surface area contributed by atoms with Gasteiger partial charge in [-0.25, -0.2) is 4.98 Å². The van der Waals surface area contributed by atoms with E-state index < -0.39 is 0 Å². The maximum atomic E-state index is 5.66. The minimum absolute atomic E-state index is 0.512. The molecule has 86 valence electrons. The average Bonchev–Trinajstić information content (AvgIpc) is 2.91. The van der Waals surface area contributed by atoms with E-state index in [1.165, 1.54) is 5.69 Å². The molecule has 0 radical (unpaired) electrons. The quantitative estimate of drug-likeness (QED) is 0.706. The number of aryl methyl sites for hydroxylation is 1. The first-order valence-electron chi connectivity index (χ1n) is 5.43. The summed E-state index contributed by atoms with van der Waals surface area (Å²) in [6.45, 7) is 2.59. The molecule has 0 spiro atoms. The molecular weight excluding hydrogens is 232 g/mol. The lowest BCUT2D eigenvalue weighted by Crippen LogP contribution is -1.95. The van der Waals surface area contributed by atoms with Crippen LogP contribution in [0.2, 0.25) is 0 Å². The Bertz CT molecular complexity index is 627. The summed E-state index contributed by atoms with van der Waals surface area (Å²) in [4.78, 5) is 5.53. The van der Waals surface area contributed by atoms with Crippen molar-refractivity contribution in [3.05, 3.63) is 53.3 Å². The van der Waals surface area contributed by atoms with E-state index in [1.807, 2.05) is 36.5 Å². The lowest BCUT2D eigenvalue weighted by atomic mass is 10.3. The number of imidazole rings is 1. The van der Waals surface area contributed by atoms with E-state index in [0.29, 0.717) is 6.61 Å². The van der Waals surface area contributed by atoms with Gasteiger partial charge in [0.05, 0.1) is 5.69 Å². The van der Waals surface area contributed by atoms with Crippen molar-refractivity contribution in [2.24, 2.45) is 0 Å². The van der Waals surface area contributed by atoms with Gasteiger partial charge in [-0.15, -0.1) is 11.3 Å². The largest absolute Gasteiger partial charge is 0.487 e. The van der Waals surface area contributed by atoms with Gasteiger partial charge in [0.1, 0.15) is 12.4 Å². The molecule has 3 aromatic rings. The first kappa shape index (κ1) is 10.4. The molecule has 0 unspecified atom stereocenters. The Hall–Kier alpha value is -1.81. The standard InChI is InChI=1S/C13H12N2OS/c1-10-9-17-13-14-11(7-15(10)13)8-16-12-5-3-2-4-6-12/h2-7,9H,8H2,1H3. The molecule has 17 heavy (non-hydrogen) atoms. The highest BCUT2D eigenvalue weighted by Gasteiger charge is 2.05. The summed E-state index contributed by atoms with van der Waals surface area (Å²) in [5.74, 6) is 0.876. The summed E-state index contributed by atoms with van der Waals surface area (Å²) in [7, 11) is 0. The number of benzene rings is 1. The molecule has 0 aliphatic heterocycles. The number of ether oxygens (including phenoxy) is 1. The Morgan fingerprint density at radius 3 is 2.88 bits per heavy atom. The van der Waals surface area contributed by atoms with Crippen molar-refractivity contribution in [3.63, 3.8) is 0 Å². The molecule has 0 N–H and O–H groups in total. The second-order valence-electron chi connectivity index (χ2n) is 3.86. The van der Waals surface area contributed by atoms with Crippen molar-refractivity contribution in [3.8, 4) is 5.75 Å². The molecule has 2 heterocycles. The van der Waals surface area contributed by atoms with Crippen LogP contribution in [-0.2, 0) is 6.61 Å². The Labute approximate surface area is 103 Å². The van der Waals surface area contributed by atoms with E-state index in [2.05, 4.69) is 21.7 Å².